The number of benzene rings is 1. The summed E-state index contributed by atoms with van der Waals surface area (Å²) >= 11 is 1.44. The lowest BCUT2D eigenvalue weighted by Gasteiger charge is -2.14. The van der Waals surface area contributed by atoms with Crippen LogP contribution in [-0.2, 0) is 0 Å². The highest BCUT2D eigenvalue weighted by Crippen LogP contribution is 2.27. The minimum absolute atomic E-state index is 0.270. The maximum atomic E-state index is 9.72. The van der Waals surface area contributed by atoms with Crippen LogP contribution in [0.5, 0.6) is 0 Å². The van der Waals surface area contributed by atoms with Crippen LogP contribution < -0.4 is 5.32 Å². The number of hydrogen-bond acceptors (Lipinski definition) is 4. The molecule has 0 aliphatic rings. The van der Waals surface area contributed by atoms with Crippen molar-refractivity contribution in [2.24, 2.45) is 5.92 Å². The molecule has 0 aliphatic heterocycles. The number of hydrogen-bond donors (Lipinski definition) is 2. The summed E-state index contributed by atoms with van der Waals surface area (Å²) in [7, 11) is 0. The molecular weight excluding hydrogens is 220 g/mol. The molecule has 3 nitrogen and oxygen atoms in total. The average molecular weight is 236 g/mol. The first-order valence-electron chi connectivity index (χ1n) is 5.45. The zero-order valence-electron chi connectivity index (χ0n) is 9.47. The maximum Gasteiger partial charge on any atom is 0.117 e. The molecule has 0 amide bonds. The SMILES string of the molecule is CC(C)C(O)CNc1snc2ccccc12. The third-order valence-electron chi connectivity index (χ3n) is 2.63. The van der Waals surface area contributed by atoms with Crippen molar-refractivity contribution in [3.05, 3.63) is 24.3 Å². The Morgan fingerprint density at radius 3 is 2.88 bits per heavy atom. The van der Waals surface area contributed by atoms with Gasteiger partial charge in [0.1, 0.15) is 5.00 Å². The van der Waals surface area contributed by atoms with E-state index < -0.39 is 0 Å². The van der Waals surface area contributed by atoms with Gasteiger partial charge in [-0.05, 0) is 29.6 Å². The summed E-state index contributed by atoms with van der Waals surface area (Å²) in [6, 6.07) is 8.02. The summed E-state index contributed by atoms with van der Waals surface area (Å²) in [5.41, 5.74) is 1.01. The normalized spacial score (nSPS) is 13.2. The van der Waals surface area contributed by atoms with E-state index >= 15 is 0 Å². The number of fused-ring (bicyclic) bond motifs is 1. The minimum atomic E-state index is -0.319. The highest BCUT2D eigenvalue weighted by Gasteiger charge is 2.10. The summed E-state index contributed by atoms with van der Waals surface area (Å²) in [4.78, 5) is 0. The van der Waals surface area contributed by atoms with Crippen LogP contribution in [0.25, 0.3) is 10.9 Å². The molecule has 1 heterocycles. The van der Waals surface area contributed by atoms with Gasteiger partial charge in [0.15, 0.2) is 0 Å². The molecule has 1 aromatic heterocycles. The van der Waals surface area contributed by atoms with Crippen molar-refractivity contribution in [1.29, 1.82) is 0 Å². The van der Waals surface area contributed by atoms with Gasteiger partial charge in [0.2, 0.25) is 0 Å². The Balaban J connectivity index is 2.10. The van der Waals surface area contributed by atoms with Crippen molar-refractivity contribution in [2.75, 3.05) is 11.9 Å². The highest BCUT2D eigenvalue weighted by molar-refractivity contribution is 7.11. The van der Waals surface area contributed by atoms with Gasteiger partial charge in [0.25, 0.3) is 0 Å². The van der Waals surface area contributed by atoms with Crippen molar-refractivity contribution >= 4 is 27.4 Å². The maximum absolute atomic E-state index is 9.72. The smallest absolute Gasteiger partial charge is 0.117 e. The molecule has 0 fully saturated rings. The first-order chi connectivity index (χ1) is 7.68. The second-order valence-corrected chi connectivity index (χ2v) is 4.99. The Kier molecular flexibility index (Phi) is 3.41. The number of aromatic nitrogens is 1. The molecule has 2 N–H and O–H groups in total. The molecule has 0 saturated heterocycles. The Hall–Kier alpha value is -1.13. The lowest BCUT2D eigenvalue weighted by Crippen LogP contribution is -2.24. The summed E-state index contributed by atoms with van der Waals surface area (Å²) < 4.78 is 4.34. The first kappa shape index (κ1) is 11.4. The van der Waals surface area contributed by atoms with Crippen molar-refractivity contribution in [3.8, 4) is 0 Å². The zero-order chi connectivity index (χ0) is 11.5. The highest BCUT2D eigenvalue weighted by atomic mass is 32.1. The molecule has 1 atom stereocenters. The van der Waals surface area contributed by atoms with E-state index in [0.29, 0.717) is 6.54 Å². The Labute approximate surface area is 99.3 Å². The van der Waals surface area contributed by atoms with E-state index in [1.165, 1.54) is 11.5 Å². The predicted octanol–water partition coefficient (Wildman–Crippen LogP) is 2.73. The zero-order valence-corrected chi connectivity index (χ0v) is 10.3. The molecule has 4 heteroatoms. The van der Waals surface area contributed by atoms with Crippen molar-refractivity contribution in [1.82, 2.24) is 4.37 Å². The number of nitrogens with zero attached hydrogens (tertiary/aromatic N) is 1. The first-order valence-corrected chi connectivity index (χ1v) is 6.22. The van der Waals surface area contributed by atoms with E-state index in [4.69, 9.17) is 0 Å². The molecule has 1 aromatic carbocycles. The monoisotopic (exact) mass is 236 g/mol. The Bertz CT molecular complexity index is 467. The minimum Gasteiger partial charge on any atom is -0.391 e. The molecule has 86 valence electrons. The fourth-order valence-electron chi connectivity index (χ4n) is 1.45. The topological polar surface area (TPSA) is 45.1 Å². The quantitative estimate of drug-likeness (QED) is 0.858. The molecule has 2 rings (SSSR count). The van der Waals surface area contributed by atoms with Gasteiger partial charge < -0.3 is 10.4 Å². The largest absolute Gasteiger partial charge is 0.391 e. The van der Waals surface area contributed by atoms with Crippen LogP contribution in [0.3, 0.4) is 0 Å². The van der Waals surface area contributed by atoms with Crippen LogP contribution in [0.4, 0.5) is 5.00 Å². The summed E-state index contributed by atoms with van der Waals surface area (Å²) in [5.74, 6) is 0.270. The Morgan fingerprint density at radius 1 is 1.38 bits per heavy atom. The fraction of sp³-hybridized carbons (Fsp3) is 0.417. The van der Waals surface area contributed by atoms with Gasteiger partial charge >= 0.3 is 0 Å². The number of aliphatic hydroxyl groups is 1. The number of aliphatic hydroxyl groups excluding tert-OH is 1. The second kappa shape index (κ2) is 4.80. The van der Waals surface area contributed by atoms with Crippen molar-refractivity contribution < 1.29 is 5.11 Å². The van der Waals surface area contributed by atoms with Gasteiger partial charge in [-0.3, -0.25) is 0 Å². The van der Waals surface area contributed by atoms with Gasteiger partial charge in [-0.15, -0.1) is 0 Å². The van der Waals surface area contributed by atoms with Gasteiger partial charge in [-0.25, -0.2) is 0 Å². The van der Waals surface area contributed by atoms with Crippen LogP contribution in [0.2, 0.25) is 0 Å². The number of nitrogens with one attached hydrogen (secondary N) is 1. The molecule has 16 heavy (non-hydrogen) atoms. The lowest BCUT2D eigenvalue weighted by atomic mass is 10.1. The van der Waals surface area contributed by atoms with E-state index in [1.807, 2.05) is 38.1 Å². The molecule has 0 radical (unpaired) electrons. The standard InChI is InChI=1S/C12H16N2OS/c1-8(2)11(15)7-13-12-9-5-3-4-6-10(9)14-16-12/h3-6,8,11,13,15H,7H2,1-2H3. The third kappa shape index (κ3) is 2.33. The van der Waals surface area contributed by atoms with Gasteiger partial charge in [-0.1, -0.05) is 26.0 Å². The fourth-order valence-corrected chi connectivity index (χ4v) is 2.22. The van der Waals surface area contributed by atoms with E-state index in [0.717, 1.165) is 15.9 Å². The number of anilines is 1. The van der Waals surface area contributed by atoms with Crippen LogP contribution in [-0.4, -0.2) is 22.1 Å². The molecule has 1 unspecified atom stereocenters. The second-order valence-electron chi connectivity index (χ2n) is 4.22. The van der Waals surface area contributed by atoms with E-state index in [-0.39, 0.29) is 12.0 Å². The molecular formula is C12H16N2OS. The lowest BCUT2D eigenvalue weighted by molar-refractivity contribution is 0.138. The van der Waals surface area contributed by atoms with Crippen LogP contribution in [0, 0.1) is 5.92 Å². The molecule has 2 aromatic rings. The van der Waals surface area contributed by atoms with Crippen molar-refractivity contribution in [3.63, 3.8) is 0 Å². The molecule has 0 aliphatic carbocycles. The summed E-state index contributed by atoms with van der Waals surface area (Å²) in [6.45, 7) is 4.60. The Morgan fingerprint density at radius 2 is 2.12 bits per heavy atom. The third-order valence-corrected chi connectivity index (χ3v) is 3.46. The van der Waals surface area contributed by atoms with Gasteiger partial charge in [-0.2, -0.15) is 4.37 Å². The predicted molar refractivity (Wildman–Crippen MR) is 69.0 cm³/mol. The van der Waals surface area contributed by atoms with Crippen LogP contribution in [0.1, 0.15) is 13.8 Å². The molecule has 0 bridgehead atoms. The van der Waals surface area contributed by atoms with E-state index in [9.17, 15) is 5.11 Å². The summed E-state index contributed by atoms with van der Waals surface area (Å²) in [5, 5.41) is 15.1. The molecule has 0 spiro atoms. The average Bonchev–Trinajstić information content (AvgIpc) is 2.69. The molecule has 0 saturated carbocycles. The summed E-state index contributed by atoms with van der Waals surface area (Å²) in [6.07, 6.45) is -0.319. The van der Waals surface area contributed by atoms with E-state index in [1.54, 1.807) is 0 Å². The van der Waals surface area contributed by atoms with Crippen LogP contribution in [0.15, 0.2) is 24.3 Å². The van der Waals surface area contributed by atoms with E-state index in [2.05, 4.69) is 9.69 Å². The number of rotatable bonds is 4. The van der Waals surface area contributed by atoms with Gasteiger partial charge in [0, 0.05) is 11.9 Å². The van der Waals surface area contributed by atoms with Crippen molar-refractivity contribution in [2.45, 2.75) is 20.0 Å². The van der Waals surface area contributed by atoms with Gasteiger partial charge in [0.05, 0.1) is 11.6 Å². The van der Waals surface area contributed by atoms with Crippen LogP contribution >= 0.6 is 11.5 Å².